The highest BCUT2D eigenvalue weighted by molar-refractivity contribution is 8.00. The molecule has 1 aliphatic rings. The van der Waals surface area contributed by atoms with Gasteiger partial charge in [-0.3, -0.25) is 0 Å². The van der Waals surface area contributed by atoms with Gasteiger partial charge in [0.25, 0.3) is 0 Å². The Morgan fingerprint density at radius 2 is 1.52 bits per heavy atom. The molecule has 0 spiro atoms. The SMILES string of the molecule is CCc1ccc(Cc2cc(CO)ccc2OC2SC(CO)C(O)C(O)C2O)cc1. The summed E-state index contributed by atoms with van der Waals surface area (Å²) in [7, 11) is 0. The summed E-state index contributed by atoms with van der Waals surface area (Å²) in [6.07, 6.45) is -2.39. The van der Waals surface area contributed by atoms with Crippen molar-refractivity contribution >= 4 is 11.8 Å². The molecule has 2 aromatic carbocycles. The van der Waals surface area contributed by atoms with Gasteiger partial charge in [0.1, 0.15) is 18.0 Å². The second-order valence-corrected chi connectivity index (χ2v) is 8.60. The van der Waals surface area contributed by atoms with E-state index in [-0.39, 0.29) is 13.2 Å². The lowest BCUT2D eigenvalue weighted by molar-refractivity contribution is -0.0910. The van der Waals surface area contributed by atoms with Crippen LogP contribution in [0.2, 0.25) is 0 Å². The monoisotopic (exact) mass is 420 g/mol. The van der Waals surface area contributed by atoms with Crippen molar-refractivity contribution in [2.75, 3.05) is 6.61 Å². The van der Waals surface area contributed by atoms with Gasteiger partial charge in [-0.05, 0) is 40.8 Å². The average Bonchev–Trinajstić information content (AvgIpc) is 2.75. The minimum atomic E-state index is -1.40. The van der Waals surface area contributed by atoms with E-state index < -0.39 is 29.0 Å². The smallest absolute Gasteiger partial charge is 0.173 e. The fraction of sp³-hybridized carbons (Fsp3) is 0.455. The van der Waals surface area contributed by atoms with Crippen LogP contribution in [0.25, 0.3) is 0 Å². The van der Waals surface area contributed by atoms with Crippen molar-refractivity contribution in [1.82, 2.24) is 0 Å². The third kappa shape index (κ3) is 5.12. The summed E-state index contributed by atoms with van der Waals surface area (Å²) < 4.78 is 6.02. The number of rotatable bonds is 7. The molecule has 2 aromatic rings. The number of aliphatic hydroxyl groups excluding tert-OH is 5. The molecule has 158 valence electrons. The van der Waals surface area contributed by atoms with Crippen LogP contribution in [-0.2, 0) is 19.4 Å². The lowest BCUT2D eigenvalue weighted by atomic mass is 10.00. The first kappa shape index (κ1) is 22.1. The van der Waals surface area contributed by atoms with Crippen molar-refractivity contribution in [2.45, 2.75) is 55.4 Å². The van der Waals surface area contributed by atoms with E-state index in [0.29, 0.717) is 12.2 Å². The van der Waals surface area contributed by atoms with E-state index in [4.69, 9.17) is 4.74 Å². The fourth-order valence-corrected chi connectivity index (χ4v) is 4.62. The molecule has 6 nitrogen and oxygen atoms in total. The normalized spacial score (nSPS) is 27.0. The molecule has 5 unspecified atom stereocenters. The number of aryl methyl sites for hydroxylation is 1. The summed E-state index contributed by atoms with van der Waals surface area (Å²) in [5.41, 5.74) is 3.08. The average molecular weight is 421 g/mol. The molecule has 5 atom stereocenters. The Bertz CT molecular complexity index is 794. The van der Waals surface area contributed by atoms with Gasteiger partial charge in [-0.2, -0.15) is 0 Å². The van der Waals surface area contributed by atoms with Crippen molar-refractivity contribution in [2.24, 2.45) is 0 Å². The Labute approximate surface area is 174 Å². The topological polar surface area (TPSA) is 110 Å². The number of benzene rings is 2. The van der Waals surface area contributed by atoms with Crippen LogP contribution >= 0.6 is 11.8 Å². The van der Waals surface area contributed by atoms with Gasteiger partial charge in [0.05, 0.1) is 24.6 Å². The van der Waals surface area contributed by atoms with Crippen molar-refractivity contribution in [1.29, 1.82) is 0 Å². The first-order valence-electron chi connectivity index (χ1n) is 9.74. The van der Waals surface area contributed by atoms with Gasteiger partial charge < -0.3 is 30.3 Å². The van der Waals surface area contributed by atoms with Gasteiger partial charge in [0, 0.05) is 6.42 Å². The number of aliphatic hydroxyl groups is 5. The minimum Gasteiger partial charge on any atom is -0.477 e. The van der Waals surface area contributed by atoms with E-state index in [0.717, 1.165) is 34.9 Å². The Morgan fingerprint density at radius 1 is 0.862 bits per heavy atom. The van der Waals surface area contributed by atoms with E-state index in [1.807, 2.05) is 6.07 Å². The molecule has 0 aromatic heterocycles. The summed E-state index contributed by atoms with van der Waals surface area (Å²) in [5, 5.41) is 48.7. The van der Waals surface area contributed by atoms with E-state index >= 15 is 0 Å². The molecule has 29 heavy (non-hydrogen) atoms. The lowest BCUT2D eigenvalue weighted by Crippen LogP contribution is -2.55. The molecule has 5 N–H and O–H groups in total. The predicted octanol–water partition coefficient (Wildman–Crippen LogP) is 1.23. The summed E-state index contributed by atoms with van der Waals surface area (Å²) >= 11 is 1.09. The van der Waals surface area contributed by atoms with Crippen molar-refractivity contribution in [3.8, 4) is 5.75 Å². The molecular formula is C22H28O6S. The van der Waals surface area contributed by atoms with Gasteiger partial charge in [-0.15, -0.1) is 11.8 Å². The Hall–Kier alpha value is -1.61. The molecule has 1 heterocycles. The van der Waals surface area contributed by atoms with Gasteiger partial charge in [0.15, 0.2) is 5.44 Å². The molecule has 0 saturated carbocycles. The zero-order valence-electron chi connectivity index (χ0n) is 16.3. The number of hydrogen-bond acceptors (Lipinski definition) is 7. The maximum absolute atomic E-state index is 10.3. The Kier molecular flexibility index (Phi) is 7.56. The molecule has 3 rings (SSSR count). The maximum Gasteiger partial charge on any atom is 0.173 e. The second-order valence-electron chi connectivity index (χ2n) is 7.26. The molecular weight excluding hydrogens is 392 g/mol. The summed E-state index contributed by atoms with van der Waals surface area (Å²) in [4.78, 5) is 0. The van der Waals surface area contributed by atoms with Gasteiger partial charge in [-0.1, -0.05) is 37.3 Å². The van der Waals surface area contributed by atoms with E-state index in [1.54, 1.807) is 12.1 Å². The van der Waals surface area contributed by atoms with Crippen molar-refractivity contribution < 1.29 is 30.3 Å². The summed E-state index contributed by atoms with van der Waals surface area (Å²) in [6.45, 7) is 1.67. The van der Waals surface area contributed by atoms with Gasteiger partial charge in [-0.25, -0.2) is 0 Å². The highest BCUT2D eigenvalue weighted by Crippen LogP contribution is 2.36. The molecule has 1 aliphatic heterocycles. The van der Waals surface area contributed by atoms with Crippen LogP contribution in [0.15, 0.2) is 42.5 Å². The fourth-order valence-electron chi connectivity index (χ4n) is 3.39. The number of ether oxygens (including phenoxy) is 1. The first-order chi connectivity index (χ1) is 14.0. The minimum absolute atomic E-state index is 0.0969. The van der Waals surface area contributed by atoms with E-state index in [2.05, 4.69) is 31.2 Å². The van der Waals surface area contributed by atoms with Crippen LogP contribution in [0, 0.1) is 0 Å². The first-order valence-corrected chi connectivity index (χ1v) is 10.7. The standard InChI is InChI=1S/C22H28O6S/c1-2-13-3-5-14(6-4-13)9-16-10-15(11-23)7-8-17(16)28-22-21(27)20(26)19(25)18(12-24)29-22/h3-8,10,18-27H,2,9,11-12H2,1H3. The second kappa shape index (κ2) is 9.93. The molecule has 1 saturated heterocycles. The van der Waals surface area contributed by atoms with E-state index in [1.165, 1.54) is 5.56 Å². The predicted molar refractivity (Wildman–Crippen MR) is 112 cm³/mol. The maximum atomic E-state index is 10.3. The van der Waals surface area contributed by atoms with E-state index in [9.17, 15) is 25.5 Å². The zero-order chi connectivity index (χ0) is 21.0. The molecule has 0 radical (unpaired) electrons. The van der Waals surface area contributed by atoms with Crippen LogP contribution in [0.3, 0.4) is 0 Å². The van der Waals surface area contributed by atoms with Gasteiger partial charge >= 0.3 is 0 Å². The third-order valence-corrected chi connectivity index (χ3v) is 6.65. The highest BCUT2D eigenvalue weighted by Gasteiger charge is 2.44. The molecule has 1 fully saturated rings. The van der Waals surface area contributed by atoms with Crippen LogP contribution in [0.5, 0.6) is 5.75 Å². The molecule has 0 aliphatic carbocycles. The Balaban J connectivity index is 1.84. The Morgan fingerprint density at radius 3 is 2.14 bits per heavy atom. The number of thioether (sulfide) groups is 1. The van der Waals surface area contributed by atoms with Crippen LogP contribution in [-0.4, -0.2) is 61.1 Å². The largest absolute Gasteiger partial charge is 0.477 e. The van der Waals surface area contributed by atoms with Gasteiger partial charge in [0.2, 0.25) is 0 Å². The highest BCUT2D eigenvalue weighted by atomic mass is 32.2. The zero-order valence-corrected chi connectivity index (χ0v) is 17.1. The van der Waals surface area contributed by atoms with Crippen LogP contribution < -0.4 is 4.74 Å². The third-order valence-electron chi connectivity index (χ3n) is 5.22. The molecule has 0 bridgehead atoms. The van der Waals surface area contributed by atoms with Crippen molar-refractivity contribution in [3.63, 3.8) is 0 Å². The quantitative estimate of drug-likeness (QED) is 0.458. The molecule has 7 heteroatoms. The van der Waals surface area contributed by atoms with Crippen LogP contribution in [0.4, 0.5) is 0 Å². The van der Waals surface area contributed by atoms with Crippen molar-refractivity contribution in [3.05, 3.63) is 64.7 Å². The summed E-state index contributed by atoms with van der Waals surface area (Å²) in [5.74, 6) is 0.526. The van der Waals surface area contributed by atoms with Crippen LogP contribution in [0.1, 0.15) is 29.2 Å². The number of hydrogen-bond donors (Lipinski definition) is 5. The summed E-state index contributed by atoms with van der Waals surface area (Å²) in [6, 6.07) is 13.6. The lowest BCUT2D eigenvalue weighted by Gasteiger charge is -2.39. The molecule has 0 amide bonds.